The number of rotatable bonds is 6. The molecule has 0 unspecified atom stereocenters. The standard InChI is InChI=1S/C14H14N2O3S2/c1-8-12(14(18)19)21-13(16-8)10-5-3-2-4-9(10)6-20-7-11(15)17/h2-5H,6-7H2,1H3,(H2,15,17)(H,18,19). The van der Waals surface area contributed by atoms with Crippen LogP contribution in [0.4, 0.5) is 0 Å². The van der Waals surface area contributed by atoms with E-state index in [9.17, 15) is 9.59 Å². The second-order valence-corrected chi connectivity index (χ2v) is 6.34. The van der Waals surface area contributed by atoms with Crippen LogP contribution in [-0.2, 0) is 10.5 Å². The Kier molecular flexibility index (Phi) is 4.98. The molecule has 0 atom stereocenters. The number of hydrogen-bond donors (Lipinski definition) is 2. The van der Waals surface area contributed by atoms with Gasteiger partial charge in [-0.25, -0.2) is 9.78 Å². The number of carbonyl (C=O) groups is 2. The lowest BCUT2D eigenvalue weighted by molar-refractivity contribution is -0.115. The summed E-state index contributed by atoms with van der Waals surface area (Å²) in [6.07, 6.45) is 0. The highest BCUT2D eigenvalue weighted by atomic mass is 32.2. The number of carboxylic acids is 1. The second kappa shape index (κ2) is 6.73. The number of thiazole rings is 1. The number of aryl methyl sites for hydroxylation is 1. The first-order chi connectivity index (χ1) is 9.99. The van der Waals surface area contributed by atoms with Crippen molar-refractivity contribution in [3.05, 3.63) is 40.4 Å². The number of primary amides is 1. The van der Waals surface area contributed by atoms with Gasteiger partial charge in [-0.1, -0.05) is 24.3 Å². The number of amides is 1. The summed E-state index contributed by atoms with van der Waals surface area (Å²) in [4.78, 5) is 26.5. The molecule has 0 spiro atoms. The molecule has 0 fully saturated rings. The number of benzene rings is 1. The summed E-state index contributed by atoms with van der Waals surface area (Å²) >= 11 is 2.59. The molecule has 0 bridgehead atoms. The van der Waals surface area contributed by atoms with Gasteiger partial charge in [-0.05, 0) is 12.5 Å². The fraction of sp³-hybridized carbons (Fsp3) is 0.214. The van der Waals surface area contributed by atoms with E-state index in [4.69, 9.17) is 10.8 Å². The first-order valence-electron chi connectivity index (χ1n) is 6.14. The van der Waals surface area contributed by atoms with Crippen LogP contribution in [0.25, 0.3) is 10.6 Å². The SMILES string of the molecule is Cc1nc(-c2ccccc2CSCC(N)=O)sc1C(=O)O. The topological polar surface area (TPSA) is 93.3 Å². The highest BCUT2D eigenvalue weighted by Crippen LogP contribution is 2.32. The normalized spacial score (nSPS) is 10.5. The van der Waals surface area contributed by atoms with Crippen molar-refractivity contribution >= 4 is 35.0 Å². The van der Waals surface area contributed by atoms with E-state index in [1.807, 2.05) is 24.3 Å². The van der Waals surface area contributed by atoms with Gasteiger partial charge in [0.25, 0.3) is 0 Å². The number of aromatic carboxylic acids is 1. The fourth-order valence-electron chi connectivity index (χ4n) is 1.83. The number of thioether (sulfide) groups is 1. The number of nitrogens with two attached hydrogens (primary N) is 1. The molecule has 7 heteroatoms. The predicted molar refractivity (Wildman–Crippen MR) is 84.6 cm³/mol. The average molecular weight is 322 g/mol. The van der Waals surface area contributed by atoms with Crippen molar-refractivity contribution in [1.82, 2.24) is 4.98 Å². The molecule has 5 nitrogen and oxygen atoms in total. The van der Waals surface area contributed by atoms with Crippen LogP contribution >= 0.6 is 23.1 Å². The van der Waals surface area contributed by atoms with Crippen LogP contribution in [0.2, 0.25) is 0 Å². The maximum Gasteiger partial charge on any atom is 0.347 e. The molecule has 0 radical (unpaired) electrons. The van der Waals surface area contributed by atoms with E-state index in [0.29, 0.717) is 16.5 Å². The van der Waals surface area contributed by atoms with E-state index in [1.165, 1.54) is 11.8 Å². The summed E-state index contributed by atoms with van der Waals surface area (Å²) in [5.74, 6) is -0.432. The highest BCUT2D eigenvalue weighted by molar-refractivity contribution is 7.99. The van der Waals surface area contributed by atoms with E-state index in [1.54, 1.807) is 6.92 Å². The smallest absolute Gasteiger partial charge is 0.347 e. The minimum absolute atomic E-state index is 0.254. The molecule has 0 aliphatic heterocycles. The van der Waals surface area contributed by atoms with Gasteiger partial charge >= 0.3 is 5.97 Å². The molecule has 1 aromatic carbocycles. The number of aromatic nitrogens is 1. The van der Waals surface area contributed by atoms with Crippen LogP contribution in [0, 0.1) is 6.92 Å². The molecule has 110 valence electrons. The lowest BCUT2D eigenvalue weighted by Crippen LogP contribution is -2.13. The molecule has 0 saturated carbocycles. The molecular formula is C14H14N2O3S2. The van der Waals surface area contributed by atoms with Crippen molar-refractivity contribution in [3.8, 4) is 10.6 Å². The van der Waals surface area contributed by atoms with E-state index in [2.05, 4.69) is 4.98 Å². The number of carboxylic acid groups (broad SMARTS) is 1. The van der Waals surface area contributed by atoms with Crippen LogP contribution in [0.1, 0.15) is 20.9 Å². The summed E-state index contributed by atoms with van der Waals surface area (Å²) in [5.41, 5.74) is 7.55. The van der Waals surface area contributed by atoms with Gasteiger partial charge in [0.1, 0.15) is 9.88 Å². The van der Waals surface area contributed by atoms with Crippen molar-refractivity contribution in [2.75, 3.05) is 5.75 Å². The lowest BCUT2D eigenvalue weighted by Gasteiger charge is -2.06. The van der Waals surface area contributed by atoms with Crippen LogP contribution in [0.3, 0.4) is 0 Å². The predicted octanol–water partition coefficient (Wildman–Crippen LogP) is 2.54. The Hall–Kier alpha value is -1.86. The number of carbonyl (C=O) groups excluding carboxylic acids is 1. The largest absolute Gasteiger partial charge is 0.477 e. The Morgan fingerprint density at radius 2 is 2.10 bits per heavy atom. The fourth-order valence-corrected chi connectivity index (χ4v) is 3.57. The third-order valence-corrected chi connectivity index (χ3v) is 4.92. The zero-order valence-electron chi connectivity index (χ0n) is 11.3. The van der Waals surface area contributed by atoms with E-state index < -0.39 is 5.97 Å². The first-order valence-corrected chi connectivity index (χ1v) is 8.11. The van der Waals surface area contributed by atoms with Crippen molar-refractivity contribution < 1.29 is 14.7 Å². The van der Waals surface area contributed by atoms with E-state index in [-0.39, 0.29) is 16.5 Å². The maximum absolute atomic E-state index is 11.1. The Balaban J connectivity index is 2.29. The molecule has 2 rings (SSSR count). The summed E-state index contributed by atoms with van der Waals surface area (Å²) in [6.45, 7) is 1.69. The zero-order chi connectivity index (χ0) is 15.4. The van der Waals surface area contributed by atoms with Crippen molar-refractivity contribution in [3.63, 3.8) is 0 Å². The van der Waals surface area contributed by atoms with Crippen molar-refractivity contribution in [1.29, 1.82) is 0 Å². The Morgan fingerprint density at radius 3 is 2.71 bits per heavy atom. The van der Waals surface area contributed by atoms with Gasteiger partial charge in [0.05, 0.1) is 11.4 Å². The van der Waals surface area contributed by atoms with Gasteiger partial charge in [-0.3, -0.25) is 4.79 Å². The van der Waals surface area contributed by atoms with E-state index >= 15 is 0 Å². The maximum atomic E-state index is 11.1. The quantitative estimate of drug-likeness (QED) is 0.852. The van der Waals surface area contributed by atoms with E-state index in [0.717, 1.165) is 22.5 Å². The van der Waals surface area contributed by atoms with Crippen LogP contribution in [0.5, 0.6) is 0 Å². The summed E-state index contributed by atoms with van der Waals surface area (Å²) in [5, 5.41) is 9.79. The molecule has 1 heterocycles. The van der Waals surface area contributed by atoms with Gasteiger partial charge in [-0.15, -0.1) is 23.1 Å². The Bertz CT molecular complexity index is 683. The highest BCUT2D eigenvalue weighted by Gasteiger charge is 2.16. The molecule has 1 aromatic heterocycles. The van der Waals surface area contributed by atoms with Gasteiger partial charge in [0, 0.05) is 11.3 Å². The lowest BCUT2D eigenvalue weighted by atomic mass is 10.1. The molecule has 1 amide bonds. The molecule has 2 aromatic rings. The average Bonchev–Trinajstić information content (AvgIpc) is 2.81. The summed E-state index contributed by atoms with van der Waals surface area (Å²) < 4.78 is 0. The first kappa shape index (κ1) is 15.5. The third kappa shape index (κ3) is 3.83. The van der Waals surface area contributed by atoms with Gasteiger partial charge < -0.3 is 10.8 Å². The van der Waals surface area contributed by atoms with Crippen molar-refractivity contribution in [2.45, 2.75) is 12.7 Å². The third-order valence-electron chi connectivity index (χ3n) is 2.74. The number of nitrogens with zero attached hydrogens (tertiary/aromatic N) is 1. The van der Waals surface area contributed by atoms with Gasteiger partial charge in [0.2, 0.25) is 5.91 Å². The molecule has 0 saturated heterocycles. The molecular weight excluding hydrogens is 308 g/mol. The monoisotopic (exact) mass is 322 g/mol. The summed E-state index contributed by atoms with van der Waals surface area (Å²) in [6, 6.07) is 7.64. The van der Waals surface area contributed by atoms with Crippen LogP contribution < -0.4 is 5.73 Å². The zero-order valence-corrected chi connectivity index (χ0v) is 13.0. The van der Waals surface area contributed by atoms with Crippen LogP contribution in [-0.4, -0.2) is 27.7 Å². The number of hydrogen-bond acceptors (Lipinski definition) is 5. The molecule has 0 aliphatic rings. The second-order valence-electron chi connectivity index (χ2n) is 4.35. The Morgan fingerprint density at radius 1 is 1.38 bits per heavy atom. The van der Waals surface area contributed by atoms with Gasteiger partial charge in [0.15, 0.2) is 0 Å². The minimum atomic E-state index is -0.961. The molecule has 3 N–H and O–H groups in total. The molecule has 0 aliphatic carbocycles. The minimum Gasteiger partial charge on any atom is -0.477 e. The van der Waals surface area contributed by atoms with Crippen LogP contribution in [0.15, 0.2) is 24.3 Å². The summed E-state index contributed by atoms with van der Waals surface area (Å²) in [7, 11) is 0. The Labute approximate surface area is 130 Å². The van der Waals surface area contributed by atoms with Crippen molar-refractivity contribution in [2.24, 2.45) is 5.73 Å². The van der Waals surface area contributed by atoms with Gasteiger partial charge in [-0.2, -0.15) is 0 Å². The molecule has 21 heavy (non-hydrogen) atoms.